The van der Waals surface area contributed by atoms with E-state index in [9.17, 15) is 9.90 Å². The molecule has 0 radical (unpaired) electrons. The molecule has 0 spiro atoms. The third-order valence-electron chi connectivity index (χ3n) is 6.23. The maximum absolute atomic E-state index is 11.6. The summed E-state index contributed by atoms with van der Waals surface area (Å²) in [5.41, 5.74) is 1.77. The van der Waals surface area contributed by atoms with Gasteiger partial charge < -0.3 is 20.2 Å². The lowest BCUT2D eigenvalue weighted by molar-refractivity contribution is -0.135. The van der Waals surface area contributed by atoms with Crippen LogP contribution in [0.4, 0.5) is 5.82 Å². The summed E-state index contributed by atoms with van der Waals surface area (Å²) in [5, 5.41) is 23.0. The first kappa shape index (κ1) is 18.6. The lowest BCUT2D eigenvalue weighted by Crippen LogP contribution is -2.57. The van der Waals surface area contributed by atoms with Crippen molar-refractivity contribution in [2.75, 3.05) is 44.2 Å². The van der Waals surface area contributed by atoms with Crippen molar-refractivity contribution in [1.82, 2.24) is 20.4 Å². The fourth-order valence-corrected chi connectivity index (χ4v) is 4.55. The van der Waals surface area contributed by atoms with Crippen molar-refractivity contribution in [2.24, 2.45) is 5.92 Å². The molecule has 27 heavy (non-hydrogen) atoms. The summed E-state index contributed by atoms with van der Waals surface area (Å²) in [4.78, 5) is 15.6. The van der Waals surface area contributed by atoms with Gasteiger partial charge >= 0.3 is 0 Å². The molecule has 4 rings (SSSR count). The van der Waals surface area contributed by atoms with Gasteiger partial charge in [-0.2, -0.15) is 5.10 Å². The van der Waals surface area contributed by atoms with Gasteiger partial charge in [-0.25, -0.2) is 0 Å². The van der Waals surface area contributed by atoms with E-state index in [2.05, 4.69) is 26.5 Å². The largest absolute Gasteiger partial charge is 0.387 e. The van der Waals surface area contributed by atoms with Crippen molar-refractivity contribution in [3.05, 3.63) is 17.3 Å². The van der Waals surface area contributed by atoms with Crippen LogP contribution in [0.5, 0.6) is 0 Å². The Morgan fingerprint density at radius 3 is 2.93 bits per heavy atom. The molecular formula is C20H31N5O2. The highest BCUT2D eigenvalue weighted by Gasteiger charge is 2.35. The maximum atomic E-state index is 11.6. The Morgan fingerprint density at radius 2 is 2.11 bits per heavy atom. The number of likely N-dealkylation sites (tertiary alicyclic amines) is 1. The van der Waals surface area contributed by atoms with Crippen molar-refractivity contribution in [1.29, 1.82) is 0 Å². The lowest BCUT2D eigenvalue weighted by atomic mass is 9.92. The topological polar surface area (TPSA) is 81.6 Å². The molecule has 1 aromatic heterocycles. The molecule has 1 amide bonds. The minimum atomic E-state index is -0.794. The van der Waals surface area contributed by atoms with E-state index in [0.29, 0.717) is 19.0 Å². The predicted molar refractivity (Wildman–Crippen MR) is 104 cm³/mol. The molecule has 7 nitrogen and oxygen atoms in total. The normalized spacial score (nSPS) is 25.9. The fraction of sp³-hybridized carbons (Fsp3) is 0.750. The van der Waals surface area contributed by atoms with E-state index in [1.807, 2.05) is 0 Å². The van der Waals surface area contributed by atoms with Gasteiger partial charge in [0.05, 0.1) is 17.8 Å². The molecule has 1 atom stereocenters. The molecule has 2 aliphatic heterocycles. The van der Waals surface area contributed by atoms with Crippen molar-refractivity contribution >= 4 is 11.7 Å². The van der Waals surface area contributed by atoms with E-state index in [1.165, 1.54) is 24.1 Å². The molecule has 1 unspecified atom stereocenters. The molecule has 2 fully saturated rings. The molecule has 0 aromatic carbocycles. The third-order valence-corrected chi connectivity index (χ3v) is 6.23. The quantitative estimate of drug-likeness (QED) is 0.793. The summed E-state index contributed by atoms with van der Waals surface area (Å²) in [6, 6.07) is 2.23. The minimum Gasteiger partial charge on any atom is -0.387 e. The number of fused-ring (bicyclic) bond motifs is 1. The van der Waals surface area contributed by atoms with Gasteiger partial charge in [-0.05, 0) is 50.2 Å². The number of rotatable bonds is 5. The summed E-state index contributed by atoms with van der Waals surface area (Å²) in [6.45, 7) is 6.18. The van der Waals surface area contributed by atoms with E-state index in [0.717, 1.165) is 57.7 Å². The zero-order valence-corrected chi connectivity index (χ0v) is 16.3. The number of nitrogens with one attached hydrogen (secondary N) is 1. The molecule has 3 aliphatic rings. The predicted octanol–water partition coefficient (Wildman–Crippen LogP) is 0.755. The number of aliphatic hydroxyl groups is 1. The van der Waals surface area contributed by atoms with Crippen LogP contribution in [-0.2, 0) is 17.6 Å². The summed E-state index contributed by atoms with van der Waals surface area (Å²) < 4.78 is 0. The average Bonchev–Trinajstić information content (AvgIpc) is 2.63. The zero-order valence-electron chi connectivity index (χ0n) is 16.3. The molecule has 2 N–H and O–H groups in total. The number of piperidine rings is 1. The van der Waals surface area contributed by atoms with E-state index in [-0.39, 0.29) is 5.91 Å². The Hall–Kier alpha value is -1.73. The number of carbonyl (C=O) groups is 1. The van der Waals surface area contributed by atoms with Gasteiger partial charge in [-0.3, -0.25) is 4.79 Å². The van der Waals surface area contributed by atoms with Crippen LogP contribution in [0.15, 0.2) is 6.07 Å². The van der Waals surface area contributed by atoms with E-state index >= 15 is 0 Å². The van der Waals surface area contributed by atoms with Gasteiger partial charge in [0.2, 0.25) is 5.91 Å². The van der Waals surface area contributed by atoms with Crippen molar-refractivity contribution in [3.63, 3.8) is 0 Å². The first-order valence-corrected chi connectivity index (χ1v) is 10.3. The van der Waals surface area contributed by atoms with Gasteiger partial charge in [0.1, 0.15) is 0 Å². The summed E-state index contributed by atoms with van der Waals surface area (Å²) in [6.07, 6.45) is 6.31. The van der Waals surface area contributed by atoms with Crippen LogP contribution in [0.1, 0.15) is 43.9 Å². The molecule has 1 aliphatic carbocycles. The molecule has 0 bridgehead atoms. The number of aryl methyl sites for hydroxylation is 2. The van der Waals surface area contributed by atoms with Gasteiger partial charge in [-0.15, -0.1) is 5.10 Å². The number of β-amino-alcohol motifs (C(OH)–C–C–N with tert-alkyl or cyclic N) is 1. The number of anilines is 1. The van der Waals surface area contributed by atoms with Gasteiger partial charge in [0.25, 0.3) is 0 Å². The number of hydrogen-bond donors (Lipinski definition) is 2. The van der Waals surface area contributed by atoms with Crippen LogP contribution >= 0.6 is 0 Å². The summed E-state index contributed by atoms with van der Waals surface area (Å²) >= 11 is 0. The van der Waals surface area contributed by atoms with Crippen LogP contribution in [-0.4, -0.2) is 71.0 Å². The zero-order chi connectivity index (χ0) is 18.9. The summed E-state index contributed by atoms with van der Waals surface area (Å²) in [5.74, 6) is 1.63. The van der Waals surface area contributed by atoms with Crippen molar-refractivity contribution in [3.8, 4) is 0 Å². The highest BCUT2D eigenvalue weighted by molar-refractivity contribution is 5.73. The monoisotopic (exact) mass is 373 g/mol. The van der Waals surface area contributed by atoms with Gasteiger partial charge in [-0.1, -0.05) is 0 Å². The maximum Gasteiger partial charge on any atom is 0.219 e. The van der Waals surface area contributed by atoms with Gasteiger partial charge in [0, 0.05) is 45.6 Å². The number of nitrogens with zero attached hydrogens (tertiary/aromatic N) is 4. The third kappa shape index (κ3) is 4.24. The second-order valence-corrected chi connectivity index (χ2v) is 8.55. The second kappa shape index (κ2) is 7.72. The number of amides is 1. The molecule has 0 saturated carbocycles. The highest BCUT2D eigenvalue weighted by atomic mass is 16.3. The van der Waals surface area contributed by atoms with Crippen LogP contribution in [0.25, 0.3) is 0 Å². The van der Waals surface area contributed by atoms with Crippen LogP contribution < -0.4 is 10.2 Å². The Morgan fingerprint density at radius 1 is 1.30 bits per heavy atom. The second-order valence-electron chi connectivity index (χ2n) is 8.55. The smallest absolute Gasteiger partial charge is 0.219 e. The number of hydrogen-bond acceptors (Lipinski definition) is 6. The van der Waals surface area contributed by atoms with Crippen molar-refractivity contribution < 1.29 is 9.90 Å². The van der Waals surface area contributed by atoms with E-state index < -0.39 is 5.60 Å². The van der Waals surface area contributed by atoms with Crippen LogP contribution in [0.3, 0.4) is 0 Å². The SMILES string of the molecule is CC(=O)N1CCCC(O)(CNCC2CN(c3cc4c(nn3)CCCC4)C2)C1. The average molecular weight is 374 g/mol. The minimum absolute atomic E-state index is 0.0499. The first-order chi connectivity index (χ1) is 13.0. The molecular weight excluding hydrogens is 342 g/mol. The lowest BCUT2D eigenvalue weighted by Gasteiger charge is -2.42. The van der Waals surface area contributed by atoms with Crippen LogP contribution in [0.2, 0.25) is 0 Å². The standard InChI is InChI=1S/C20H31N5O2/c1-15(26)24-8-4-7-20(27,14-24)13-21-10-16-11-25(12-16)19-9-17-5-2-3-6-18(17)22-23-19/h9,16,21,27H,2-8,10-14H2,1H3. The summed E-state index contributed by atoms with van der Waals surface area (Å²) in [7, 11) is 0. The Bertz CT molecular complexity index is 691. The number of aromatic nitrogens is 2. The molecule has 1 aromatic rings. The fourth-order valence-electron chi connectivity index (χ4n) is 4.55. The Balaban J connectivity index is 1.21. The van der Waals surface area contributed by atoms with Crippen LogP contribution in [0, 0.1) is 5.92 Å². The highest BCUT2D eigenvalue weighted by Crippen LogP contribution is 2.27. The molecule has 7 heteroatoms. The Labute approximate surface area is 161 Å². The van der Waals surface area contributed by atoms with E-state index in [4.69, 9.17) is 0 Å². The Kier molecular flexibility index (Phi) is 5.32. The first-order valence-electron chi connectivity index (χ1n) is 10.3. The molecule has 148 valence electrons. The van der Waals surface area contributed by atoms with Gasteiger partial charge in [0.15, 0.2) is 5.82 Å². The molecule has 3 heterocycles. The number of carbonyl (C=O) groups excluding carboxylic acids is 1. The van der Waals surface area contributed by atoms with E-state index in [1.54, 1.807) is 11.8 Å². The van der Waals surface area contributed by atoms with Crippen molar-refractivity contribution in [2.45, 2.75) is 51.0 Å². The molecule has 2 saturated heterocycles.